The molecular weight excluding hydrogens is 275 g/mol. The molecule has 0 aliphatic heterocycles. The van der Waals surface area contributed by atoms with Crippen molar-refractivity contribution in [1.82, 2.24) is 0 Å². The first kappa shape index (κ1) is 16.5. The molecule has 0 aliphatic rings. The molecule has 1 atom stereocenters. The second kappa shape index (κ2) is 6.46. The summed E-state index contributed by atoms with van der Waals surface area (Å²) in [5.74, 6) is -1.61. The monoisotopic (exact) mass is 285 g/mol. The van der Waals surface area contributed by atoms with Crippen molar-refractivity contribution in [3.63, 3.8) is 0 Å². The number of nitrogens with two attached hydrogens (primary N) is 1. The molecule has 4 nitrogen and oxygen atoms in total. The molecule has 8 heteroatoms. The summed E-state index contributed by atoms with van der Waals surface area (Å²) in [6.07, 6.45) is -4.84. The van der Waals surface area contributed by atoms with Crippen LogP contribution in [0.5, 0.6) is 5.75 Å². The van der Waals surface area contributed by atoms with E-state index in [0.717, 1.165) is 12.1 Å². The summed E-state index contributed by atoms with van der Waals surface area (Å²) >= 11 is 0. The highest BCUT2D eigenvalue weighted by molar-refractivity contribution is 5.85. The van der Waals surface area contributed by atoms with Crippen molar-refractivity contribution in [3.8, 4) is 5.75 Å². The highest BCUT2D eigenvalue weighted by Crippen LogP contribution is 2.23. The Labute approximate surface area is 107 Å². The summed E-state index contributed by atoms with van der Waals surface area (Å²) in [5, 5.41) is 8.56. The first-order valence-corrected chi connectivity index (χ1v) is 4.61. The molecule has 0 fully saturated rings. The van der Waals surface area contributed by atoms with Gasteiger partial charge in [-0.1, -0.05) is 12.1 Å². The molecular formula is C10H11ClF3NO3. The molecule has 3 N–H and O–H groups in total. The molecule has 0 saturated carbocycles. The molecule has 0 aliphatic carbocycles. The number of alkyl halides is 3. The zero-order valence-electron chi connectivity index (χ0n) is 8.98. The Balaban J connectivity index is 0.00000289. The van der Waals surface area contributed by atoms with E-state index in [2.05, 4.69) is 4.74 Å². The Morgan fingerprint density at radius 1 is 1.44 bits per heavy atom. The van der Waals surface area contributed by atoms with Crippen LogP contribution in [0.4, 0.5) is 13.2 Å². The van der Waals surface area contributed by atoms with Gasteiger partial charge in [0.25, 0.3) is 0 Å². The summed E-state index contributed by atoms with van der Waals surface area (Å²) in [7, 11) is 0. The summed E-state index contributed by atoms with van der Waals surface area (Å²) < 4.78 is 39.5. The smallest absolute Gasteiger partial charge is 0.480 e. The van der Waals surface area contributed by atoms with Gasteiger partial charge in [0.05, 0.1) is 0 Å². The first-order valence-electron chi connectivity index (χ1n) is 4.61. The normalized spacial score (nSPS) is 12.4. The summed E-state index contributed by atoms with van der Waals surface area (Å²) in [5.41, 5.74) is 5.63. The average Bonchev–Trinajstić information content (AvgIpc) is 2.15. The minimum atomic E-state index is -4.77. The van der Waals surface area contributed by atoms with Crippen LogP contribution in [0, 0.1) is 0 Å². The van der Waals surface area contributed by atoms with E-state index in [1.54, 1.807) is 0 Å². The molecule has 102 valence electrons. The lowest BCUT2D eigenvalue weighted by molar-refractivity contribution is -0.274. The summed E-state index contributed by atoms with van der Waals surface area (Å²) in [6, 6.07) is 3.90. The van der Waals surface area contributed by atoms with E-state index in [4.69, 9.17) is 10.8 Å². The van der Waals surface area contributed by atoms with Crippen LogP contribution in [0.15, 0.2) is 24.3 Å². The minimum absolute atomic E-state index is 0. The van der Waals surface area contributed by atoms with Gasteiger partial charge in [-0.05, 0) is 24.1 Å². The number of carboxylic acid groups (broad SMARTS) is 1. The molecule has 0 saturated heterocycles. The molecule has 18 heavy (non-hydrogen) atoms. The van der Waals surface area contributed by atoms with Crippen molar-refractivity contribution in [2.75, 3.05) is 0 Å². The molecule has 0 spiro atoms. The largest absolute Gasteiger partial charge is 0.573 e. The lowest BCUT2D eigenvalue weighted by atomic mass is 10.1. The number of benzene rings is 1. The van der Waals surface area contributed by atoms with E-state index < -0.39 is 24.1 Å². The number of rotatable bonds is 4. The van der Waals surface area contributed by atoms with E-state index in [0.29, 0.717) is 5.56 Å². The number of hydrogen-bond donors (Lipinski definition) is 2. The Bertz CT molecular complexity index is 412. The third-order valence-corrected chi connectivity index (χ3v) is 1.90. The van der Waals surface area contributed by atoms with Crippen molar-refractivity contribution >= 4 is 18.4 Å². The van der Waals surface area contributed by atoms with E-state index in [9.17, 15) is 18.0 Å². The SMILES string of the molecule is Cl.N[C@@H](Cc1cccc(OC(F)(F)F)c1)C(=O)O. The van der Waals surface area contributed by atoms with Gasteiger partial charge >= 0.3 is 12.3 Å². The van der Waals surface area contributed by atoms with Gasteiger partial charge < -0.3 is 15.6 Å². The Morgan fingerprint density at radius 2 is 2.06 bits per heavy atom. The van der Waals surface area contributed by atoms with Gasteiger partial charge in [0, 0.05) is 0 Å². The van der Waals surface area contributed by atoms with Crippen molar-refractivity contribution in [2.45, 2.75) is 18.8 Å². The Kier molecular flexibility index (Phi) is 5.93. The van der Waals surface area contributed by atoms with Crippen LogP contribution in [0.2, 0.25) is 0 Å². The lowest BCUT2D eigenvalue weighted by Crippen LogP contribution is -2.32. The van der Waals surface area contributed by atoms with Crippen molar-refractivity contribution in [2.24, 2.45) is 5.73 Å². The van der Waals surface area contributed by atoms with Crippen molar-refractivity contribution < 1.29 is 27.8 Å². The fourth-order valence-corrected chi connectivity index (χ4v) is 1.21. The number of carboxylic acids is 1. The molecule has 0 bridgehead atoms. The van der Waals surface area contributed by atoms with Gasteiger partial charge in [-0.15, -0.1) is 25.6 Å². The van der Waals surface area contributed by atoms with Gasteiger partial charge in [-0.25, -0.2) is 0 Å². The summed E-state index contributed by atoms with van der Waals surface area (Å²) in [6.45, 7) is 0. The highest BCUT2D eigenvalue weighted by Gasteiger charge is 2.31. The molecule has 1 aromatic carbocycles. The predicted octanol–water partition coefficient (Wildman–Crippen LogP) is 1.96. The van der Waals surface area contributed by atoms with Crippen LogP contribution in [-0.2, 0) is 11.2 Å². The maximum absolute atomic E-state index is 11.9. The number of aliphatic carboxylic acids is 1. The van der Waals surface area contributed by atoms with Crippen LogP contribution < -0.4 is 10.5 Å². The second-order valence-corrected chi connectivity index (χ2v) is 3.34. The molecule has 1 rings (SSSR count). The number of ether oxygens (including phenoxy) is 1. The summed E-state index contributed by atoms with van der Waals surface area (Å²) in [4.78, 5) is 10.5. The lowest BCUT2D eigenvalue weighted by Gasteiger charge is -2.11. The van der Waals surface area contributed by atoms with E-state index in [1.807, 2.05) is 0 Å². The van der Waals surface area contributed by atoms with Crippen LogP contribution in [-0.4, -0.2) is 23.5 Å². The molecule has 0 unspecified atom stereocenters. The van der Waals surface area contributed by atoms with E-state index >= 15 is 0 Å². The zero-order chi connectivity index (χ0) is 13.1. The zero-order valence-corrected chi connectivity index (χ0v) is 9.79. The fraction of sp³-hybridized carbons (Fsp3) is 0.300. The fourth-order valence-electron chi connectivity index (χ4n) is 1.21. The number of hydrogen-bond acceptors (Lipinski definition) is 3. The van der Waals surface area contributed by atoms with E-state index in [1.165, 1.54) is 12.1 Å². The van der Waals surface area contributed by atoms with Crippen molar-refractivity contribution in [3.05, 3.63) is 29.8 Å². The maximum Gasteiger partial charge on any atom is 0.573 e. The van der Waals surface area contributed by atoms with Crippen LogP contribution in [0.1, 0.15) is 5.56 Å². The van der Waals surface area contributed by atoms with Gasteiger partial charge in [0.15, 0.2) is 0 Å². The molecule has 0 radical (unpaired) electrons. The van der Waals surface area contributed by atoms with Gasteiger partial charge in [0.2, 0.25) is 0 Å². The standard InChI is InChI=1S/C10H10F3NO3.ClH/c11-10(12,13)17-7-3-1-2-6(4-7)5-8(14)9(15)16;/h1-4,8H,5,14H2,(H,15,16);1H/t8-;/m0./s1. The highest BCUT2D eigenvalue weighted by atomic mass is 35.5. The number of carbonyl (C=O) groups is 1. The van der Waals surface area contributed by atoms with Gasteiger partial charge in [-0.2, -0.15) is 0 Å². The third-order valence-electron chi connectivity index (χ3n) is 1.90. The van der Waals surface area contributed by atoms with E-state index in [-0.39, 0.29) is 18.8 Å². The quantitative estimate of drug-likeness (QED) is 0.887. The molecule has 1 aromatic rings. The van der Waals surface area contributed by atoms with Crippen LogP contribution in [0.25, 0.3) is 0 Å². The maximum atomic E-state index is 11.9. The first-order chi connectivity index (χ1) is 7.78. The molecule has 0 aromatic heterocycles. The van der Waals surface area contributed by atoms with Crippen LogP contribution in [0.3, 0.4) is 0 Å². The van der Waals surface area contributed by atoms with Crippen LogP contribution >= 0.6 is 12.4 Å². The predicted molar refractivity (Wildman–Crippen MR) is 59.7 cm³/mol. The Morgan fingerprint density at radius 3 is 2.56 bits per heavy atom. The van der Waals surface area contributed by atoms with Gasteiger partial charge in [-0.3, -0.25) is 4.79 Å². The third kappa shape index (κ3) is 5.74. The topological polar surface area (TPSA) is 72.5 Å². The molecule has 0 amide bonds. The average molecular weight is 286 g/mol. The molecule has 0 heterocycles. The Hall–Kier alpha value is -1.47. The second-order valence-electron chi connectivity index (χ2n) is 3.34. The van der Waals surface area contributed by atoms with Gasteiger partial charge in [0.1, 0.15) is 11.8 Å². The van der Waals surface area contributed by atoms with Crippen molar-refractivity contribution in [1.29, 1.82) is 0 Å². The number of halogens is 4. The minimum Gasteiger partial charge on any atom is -0.480 e.